The molecule has 5 rings (SSSR count). The summed E-state index contributed by atoms with van der Waals surface area (Å²) in [6.45, 7) is 4.51. The summed E-state index contributed by atoms with van der Waals surface area (Å²) in [5.74, 6) is -0.0157. The van der Waals surface area contributed by atoms with E-state index in [0.29, 0.717) is 51.8 Å². The van der Waals surface area contributed by atoms with Crippen LogP contribution in [0.2, 0.25) is 0 Å². The minimum atomic E-state index is -0.801. The highest BCUT2D eigenvalue weighted by atomic mass is 16.5. The highest BCUT2D eigenvalue weighted by Crippen LogP contribution is 2.35. The molecule has 0 bridgehead atoms. The van der Waals surface area contributed by atoms with Crippen LogP contribution in [0.5, 0.6) is 0 Å². The van der Waals surface area contributed by atoms with Crippen LogP contribution in [-0.2, 0) is 32.1 Å². The van der Waals surface area contributed by atoms with Crippen molar-refractivity contribution in [2.75, 3.05) is 39.3 Å². The molecule has 0 saturated carbocycles. The van der Waals surface area contributed by atoms with E-state index in [1.54, 1.807) is 0 Å². The van der Waals surface area contributed by atoms with Crippen LogP contribution in [0.1, 0.15) is 68.9 Å². The molecule has 2 aromatic rings. The predicted octanol–water partition coefficient (Wildman–Crippen LogP) is 4.45. The first-order valence-electron chi connectivity index (χ1n) is 16.5. The van der Waals surface area contributed by atoms with Crippen molar-refractivity contribution in [1.29, 1.82) is 0 Å². The van der Waals surface area contributed by atoms with Gasteiger partial charge in [-0.2, -0.15) is 0 Å². The molecule has 0 aliphatic carbocycles. The summed E-state index contributed by atoms with van der Waals surface area (Å²) >= 11 is 0. The number of unbranched alkanes of at least 4 members (excludes halogenated alkanes) is 2. The lowest BCUT2D eigenvalue weighted by molar-refractivity contribution is -0.163. The number of piperidine rings is 1. The summed E-state index contributed by atoms with van der Waals surface area (Å²) < 4.78 is 11.2. The molecule has 2 atom stereocenters. The van der Waals surface area contributed by atoms with Crippen LogP contribution in [0.25, 0.3) is 0 Å². The Kier molecular flexibility index (Phi) is 11.7. The summed E-state index contributed by atoms with van der Waals surface area (Å²) in [4.78, 5) is 44.0. The molecular formula is C35H48N4O5. The zero-order valence-electron chi connectivity index (χ0n) is 25.9. The molecule has 0 aromatic heterocycles. The average molecular weight is 605 g/mol. The monoisotopic (exact) mass is 604 g/mol. The van der Waals surface area contributed by atoms with Gasteiger partial charge in [0.25, 0.3) is 0 Å². The maximum absolute atomic E-state index is 13.9. The van der Waals surface area contributed by atoms with Gasteiger partial charge in [0, 0.05) is 32.8 Å². The molecule has 3 aliphatic rings. The Hall–Kier alpha value is -3.43. The highest BCUT2D eigenvalue weighted by Gasteiger charge is 2.53. The SMILES string of the molecule is O=C(NCCCCC1NC(=O)C2(CCN(CCCCc3ccccc3)CC2)N(CC2CCCO2)C1=O)OCc1ccccc1. The van der Waals surface area contributed by atoms with Crippen molar-refractivity contribution >= 4 is 17.9 Å². The van der Waals surface area contributed by atoms with Crippen LogP contribution < -0.4 is 10.6 Å². The molecule has 3 fully saturated rings. The van der Waals surface area contributed by atoms with Crippen LogP contribution in [0.3, 0.4) is 0 Å². The second-order valence-corrected chi connectivity index (χ2v) is 12.4. The summed E-state index contributed by atoms with van der Waals surface area (Å²) in [7, 11) is 0. The molecule has 9 heteroatoms. The first-order chi connectivity index (χ1) is 21.5. The van der Waals surface area contributed by atoms with E-state index in [4.69, 9.17) is 9.47 Å². The average Bonchev–Trinajstić information content (AvgIpc) is 3.58. The van der Waals surface area contributed by atoms with Gasteiger partial charge in [0.2, 0.25) is 11.8 Å². The zero-order chi connectivity index (χ0) is 30.6. The number of hydrogen-bond acceptors (Lipinski definition) is 6. The van der Waals surface area contributed by atoms with Gasteiger partial charge in [-0.3, -0.25) is 9.59 Å². The molecule has 44 heavy (non-hydrogen) atoms. The lowest BCUT2D eigenvalue weighted by Crippen LogP contribution is -2.73. The summed E-state index contributed by atoms with van der Waals surface area (Å²) in [5, 5.41) is 5.88. The molecule has 238 valence electrons. The standard InChI is InChI=1S/C35H48N4O5/c40-32-31(18-7-9-21-36-34(42)44-27-29-15-5-2-6-16-29)37-33(41)35(39(32)26-30-17-11-25-43-30)19-23-38(24-20-35)22-10-8-14-28-12-3-1-4-13-28/h1-6,12-13,15-16,30-31H,7-11,14,17-27H2,(H,36,42)(H,37,41). The van der Waals surface area contributed by atoms with Gasteiger partial charge in [-0.05, 0) is 81.9 Å². The minimum Gasteiger partial charge on any atom is -0.445 e. The first-order valence-corrected chi connectivity index (χ1v) is 16.5. The maximum Gasteiger partial charge on any atom is 0.407 e. The van der Waals surface area contributed by atoms with Gasteiger partial charge in [0.05, 0.1) is 6.10 Å². The van der Waals surface area contributed by atoms with Crippen LogP contribution in [0.4, 0.5) is 4.79 Å². The Morgan fingerprint density at radius 3 is 2.39 bits per heavy atom. The Balaban J connectivity index is 1.08. The van der Waals surface area contributed by atoms with E-state index in [1.165, 1.54) is 5.56 Å². The quantitative estimate of drug-likeness (QED) is 0.309. The second-order valence-electron chi connectivity index (χ2n) is 12.4. The molecule has 2 N–H and O–H groups in total. The third kappa shape index (κ3) is 8.60. The zero-order valence-corrected chi connectivity index (χ0v) is 25.9. The third-order valence-corrected chi connectivity index (χ3v) is 9.34. The van der Waals surface area contributed by atoms with E-state index in [-0.39, 0.29) is 24.5 Å². The lowest BCUT2D eigenvalue weighted by Gasteiger charge is -2.52. The van der Waals surface area contributed by atoms with Crippen molar-refractivity contribution in [3.63, 3.8) is 0 Å². The summed E-state index contributed by atoms with van der Waals surface area (Å²) in [6, 6.07) is 19.6. The molecule has 1 spiro atoms. The number of rotatable bonds is 14. The van der Waals surface area contributed by atoms with Gasteiger partial charge >= 0.3 is 6.09 Å². The van der Waals surface area contributed by atoms with Crippen LogP contribution >= 0.6 is 0 Å². The number of amides is 3. The summed E-state index contributed by atoms with van der Waals surface area (Å²) in [6.07, 6.45) is 8.03. The Labute approximate surface area is 261 Å². The lowest BCUT2D eigenvalue weighted by atomic mass is 9.81. The van der Waals surface area contributed by atoms with Gasteiger partial charge in [0.15, 0.2) is 0 Å². The van der Waals surface area contributed by atoms with Gasteiger partial charge in [0.1, 0.15) is 18.2 Å². The van der Waals surface area contributed by atoms with E-state index in [1.807, 2.05) is 35.2 Å². The summed E-state index contributed by atoms with van der Waals surface area (Å²) in [5.41, 5.74) is 1.51. The fourth-order valence-corrected chi connectivity index (χ4v) is 6.72. The molecular weight excluding hydrogens is 556 g/mol. The van der Waals surface area contributed by atoms with Gasteiger partial charge in [-0.25, -0.2) is 4.79 Å². The largest absolute Gasteiger partial charge is 0.445 e. The smallest absolute Gasteiger partial charge is 0.407 e. The number of ether oxygens (including phenoxy) is 2. The van der Waals surface area contributed by atoms with E-state index >= 15 is 0 Å². The van der Waals surface area contributed by atoms with Crippen molar-refractivity contribution in [2.45, 2.75) is 88.5 Å². The maximum atomic E-state index is 13.9. The number of benzene rings is 2. The van der Waals surface area contributed by atoms with E-state index in [2.05, 4.69) is 45.9 Å². The van der Waals surface area contributed by atoms with Crippen LogP contribution in [0, 0.1) is 0 Å². The molecule has 2 aromatic carbocycles. The fraction of sp³-hybridized carbons (Fsp3) is 0.571. The molecule has 3 saturated heterocycles. The predicted molar refractivity (Wildman–Crippen MR) is 169 cm³/mol. The number of carbonyl (C=O) groups excluding carboxylic acids is 3. The van der Waals surface area contributed by atoms with Gasteiger partial charge < -0.3 is 29.9 Å². The number of carbonyl (C=O) groups is 3. The normalized spacial score (nSPS) is 21.8. The number of alkyl carbamates (subject to hydrolysis) is 1. The Morgan fingerprint density at radius 1 is 0.955 bits per heavy atom. The highest BCUT2D eigenvalue weighted by molar-refractivity contribution is 6.00. The Bertz CT molecular complexity index is 1200. The van der Waals surface area contributed by atoms with E-state index < -0.39 is 17.7 Å². The van der Waals surface area contributed by atoms with Crippen LogP contribution in [0.15, 0.2) is 60.7 Å². The number of aryl methyl sites for hydroxylation is 1. The first kappa shape index (κ1) is 32.0. The van der Waals surface area contributed by atoms with Crippen LogP contribution in [-0.4, -0.2) is 84.7 Å². The minimum absolute atomic E-state index is 0.00615. The third-order valence-electron chi connectivity index (χ3n) is 9.34. The van der Waals surface area contributed by atoms with Crippen molar-refractivity contribution in [1.82, 2.24) is 20.4 Å². The number of nitrogens with one attached hydrogen (secondary N) is 2. The van der Waals surface area contributed by atoms with Gasteiger partial charge in [-0.1, -0.05) is 60.7 Å². The number of piperazine rings is 1. The van der Waals surface area contributed by atoms with Crippen molar-refractivity contribution in [2.24, 2.45) is 0 Å². The Morgan fingerprint density at radius 2 is 1.68 bits per heavy atom. The topological polar surface area (TPSA) is 100 Å². The molecule has 3 amide bonds. The molecule has 2 unspecified atom stereocenters. The fourth-order valence-electron chi connectivity index (χ4n) is 6.72. The molecule has 0 radical (unpaired) electrons. The number of likely N-dealkylation sites (tertiary alicyclic amines) is 1. The number of hydrogen-bond donors (Lipinski definition) is 2. The number of nitrogens with zero attached hydrogens (tertiary/aromatic N) is 2. The van der Waals surface area contributed by atoms with Crippen molar-refractivity contribution in [3.8, 4) is 0 Å². The molecule has 3 heterocycles. The second kappa shape index (κ2) is 16.0. The molecule has 9 nitrogen and oxygen atoms in total. The van der Waals surface area contributed by atoms with E-state index in [9.17, 15) is 14.4 Å². The van der Waals surface area contributed by atoms with E-state index in [0.717, 1.165) is 57.3 Å². The van der Waals surface area contributed by atoms with Gasteiger partial charge in [-0.15, -0.1) is 0 Å². The van der Waals surface area contributed by atoms with Crippen molar-refractivity contribution in [3.05, 3.63) is 71.8 Å². The molecule has 3 aliphatic heterocycles. The van der Waals surface area contributed by atoms with Crippen molar-refractivity contribution < 1.29 is 23.9 Å².